The van der Waals surface area contributed by atoms with Gasteiger partial charge in [0.15, 0.2) is 11.5 Å². The number of carbonyl (C=O) groups excluding carboxylic acids is 2. The summed E-state index contributed by atoms with van der Waals surface area (Å²) in [4.78, 5) is 33.5. The molecule has 2 heterocycles. The summed E-state index contributed by atoms with van der Waals surface area (Å²) in [6, 6.07) is 21.4. The number of hydrogen-bond acceptors (Lipinski definition) is 6. The minimum atomic E-state index is -0.515. The van der Waals surface area contributed by atoms with E-state index in [0.29, 0.717) is 35.1 Å². The summed E-state index contributed by atoms with van der Waals surface area (Å²) in [6.07, 6.45) is 0.340. The van der Waals surface area contributed by atoms with Crippen molar-refractivity contribution in [3.63, 3.8) is 0 Å². The van der Waals surface area contributed by atoms with E-state index in [4.69, 9.17) is 9.47 Å². The molecule has 0 bridgehead atoms. The first-order chi connectivity index (χ1) is 18.5. The quantitative estimate of drug-likeness (QED) is 0.389. The zero-order valence-electron chi connectivity index (χ0n) is 22.2. The van der Waals surface area contributed by atoms with Crippen LogP contribution >= 0.6 is 0 Å². The van der Waals surface area contributed by atoms with Crippen molar-refractivity contribution in [2.45, 2.75) is 25.4 Å². The fraction of sp³-hybridized carbons (Fsp3) is 0.323. The van der Waals surface area contributed by atoms with Crippen molar-refractivity contribution in [1.29, 1.82) is 0 Å². The second-order valence-electron chi connectivity index (χ2n) is 9.71. The first-order valence-corrected chi connectivity index (χ1v) is 13.0. The highest BCUT2D eigenvalue weighted by atomic mass is 16.5. The smallest absolute Gasteiger partial charge is 0.264 e. The van der Waals surface area contributed by atoms with E-state index in [2.05, 4.69) is 47.9 Å². The molecule has 0 N–H and O–H groups in total. The van der Waals surface area contributed by atoms with E-state index < -0.39 is 6.04 Å². The van der Waals surface area contributed by atoms with E-state index in [0.717, 1.165) is 37.4 Å². The van der Waals surface area contributed by atoms with Crippen LogP contribution in [0.3, 0.4) is 0 Å². The first-order valence-electron chi connectivity index (χ1n) is 13.0. The molecule has 1 fully saturated rings. The minimum absolute atomic E-state index is 0.274. The van der Waals surface area contributed by atoms with Crippen LogP contribution in [0, 0.1) is 6.92 Å². The number of hydrogen-bond donors (Lipinski definition) is 0. The third-order valence-electron chi connectivity index (χ3n) is 7.79. The van der Waals surface area contributed by atoms with Gasteiger partial charge in [0, 0.05) is 32.2 Å². The Morgan fingerprint density at radius 1 is 0.816 bits per heavy atom. The van der Waals surface area contributed by atoms with Crippen LogP contribution in [-0.2, 0) is 0 Å². The highest BCUT2D eigenvalue weighted by molar-refractivity contribution is 6.24. The third-order valence-corrected chi connectivity index (χ3v) is 7.79. The highest BCUT2D eigenvalue weighted by Gasteiger charge is 2.42. The maximum atomic E-state index is 13.9. The number of ether oxygens (including phenoxy) is 2. The number of amides is 2. The second kappa shape index (κ2) is 10.9. The molecule has 2 atom stereocenters. The summed E-state index contributed by atoms with van der Waals surface area (Å²) in [6.45, 7) is 9.61. The Hall–Kier alpha value is -3.84. The summed E-state index contributed by atoms with van der Waals surface area (Å²) in [5.74, 6) is 0.573. The SMILES string of the molecule is [CH2]C[C@H](c1ccc(OC)c(OC)c1)N1C(=O)c2cccc(N3CCN([C@H](C)c4ccccc4)CC3)c2C1=O. The monoisotopic (exact) mass is 512 g/mol. The minimum Gasteiger partial charge on any atom is -0.493 e. The van der Waals surface area contributed by atoms with Gasteiger partial charge in [-0.2, -0.15) is 0 Å². The summed E-state index contributed by atoms with van der Waals surface area (Å²) < 4.78 is 10.8. The molecule has 0 aliphatic carbocycles. The topological polar surface area (TPSA) is 62.3 Å². The molecule has 3 aromatic rings. The van der Waals surface area contributed by atoms with Gasteiger partial charge in [-0.05, 0) is 48.7 Å². The van der Waals surface area contributed by atoms with E-state index in [1.165, 1.54) is 10.5 Å². The number of benzene rings is 3. The van der Waals surface area contributed by atoms with Crippen molar-refractivity contribution in [3.8, 4) is 11.5 Å². The third kappa shape index (κ3) is 4.52. The molecule has 2 aliphatic rings. The molecule has 5 rings (SSSR count). The normalized spacial score (nSPS) is 17.4. The van der Waals surface area contributed by atoms with Gasteiger partial charge in [-0.1, -0.05) is 49.4 Å². The van der Waals surface area contributed by atoms with Crippen molar-refractivity contribution in [2.24, 2.45) is 0 Å². The molecular formula is C31H34N3O4. The Bertz CT molecular complexity index is 1320. The molecule has 0 aromatic heterocycles. The predicted molar refractivity (Wildman–Crippen MR) is 148 cm³/mol. The maximum absolute atomic E-state index is 13.9. The molecule has 0 saturated carbocycles. The zero-order valence-corrected chi connectivity index (χ0v) is 22.2. The lowest BCUT2D eigenvalue weighted by Gasteiger charge is -2.39. The molecule has 0 spiro atoms. The van der Waals surface area contributed by atoms with E-state index in [1.54, 1.807) is 26.4 Å². The van der Waals surface area contributed by atoms with Crippen molar-refractivity contribution >= 4 is 17.5 Å². The van der Waals surface area contributed by atoms with Crippen molar-refractivity contribution in [1.82, 2.24) is 9.80 Å². The molecule has 7 heteroatoms. The summed E-state index contributed by atoms with van der Waals surface area (Å²) >= 11 is 0. The van der Waals surface area contributed by atoms with Gasteiger partial charge in [0.05, 0.1) is 37.1 Å². The maximum Gasteiger partial charge on any atom is 0.264 e. The van der Waals surface area contributed by atoms with E-state index in [1.807, 2.05) is 30.3 Å². The predicted octanol–water partition coefficient (Wildman–Crippen LogP) is 5.15. The molecule has 38 heavy (non-hydrogen) atoms. The number of piperazine rings is 1. The van der Waals surface area contributed by atoms with Crippen molar-refractivity contribution in [3.05, 3.63) is 95.9 Å². The van der Waals surface area contributed by atoms with Crippen LogP contribution in [0.1, 0.15) is 57.3 Å². The summed E-state index contributed by atoms with van der Waals surface area (Å²) in [5, 5.41) is 0. The Morgan fingerprint density at radius 2 is 1.53 bits per heavy atom. The standard InChI is InChI=1S/C31H34N3O4/c1-5-25(23-14-15-27(37-3)28(20-23)38-4)34-30(35)24-12-9-13-26(29(24)31(34)36)33-18-16-32(17-19-33)21(2)22-10-7-6-8-11-22/h6-15,20-21,25H,1,5,16-19H2,2-4H3/t21-,25-/m1/s1. The van der Waals surface area contributed by atoms with Crippen LogP contribution in [-0.4, -0.2) is 62.0 Å². The van der Waals surface area contributed by atoms with E-state index in [9.17, 15) is 9.59 Å². The lowest BCUT2D eigenvalue weighted by atomic mass is 10.0. The highest BCUT2D eigenvalue weighted by Crippen LogP contribution is 2.40. The number of rotatable bonds is 8. The van der Waals surface area contributed by atoms with Gasteiger partial charge in [0.2, 0.25) is 0 Å². The largest absolute Gasteiger partial charge is 0.493 e. The van der Waals surface area contributed by atoms with Crippen LogP contribution in [0.2, 0.25) is 0 Å². The van der Waals surface area contributed by atoms with Gasteiger partial charge in [0.25, 0.3) is 11.8 Å². The van der Waals surface area contributed by atoms with Crippen LogP contribution in [0.25, 0.3) is 0 Å². The molecular weight excluding hydrogens is 478 g/mol. The Morgan fingerprint density at radius 3 is 2.18 bits per heavy atom. The average molecular weight is 513 g/mol. The summed E-state index contributed by atoms with van der Waals surface area (Å²) in [7, 11) is 3.14. The number of fused-ring (bicyclic) bond motifs is 1. The van der Waals surface area contributed by atoms with Gasteiger partial charge in [-0.25, -0.2) is 0 Å². The molecule has 1 saturated heterocycles. The number of nitrogens with zero attached hydrogens (tertiary/aromatic N) is 3. The number of methoxy groups -OCH3 is 2. The number of carbonyl (C=O) groups is 2. The molecule has 3 aromatic carbocycles. The van der Waals surface area contributed by atoms with Gasteiger partial charge >= 0.3 is 0 Å². The Balaban J connectivity index is 1.38. The van der Waals surface area contributed by atoms with Crippen LogP contribution in [0.15, 0.2) is 66.7 Å². The van der Waals surface area contributed by atoms with Gasteiger partial charge in [-0.15, -0.1) is 0 Å². The number of imide groups is 1. The molecule has 197 valence electrons. The van der Waals surface area contributed by atoms with Crippen molar-refractivity contribution < 1.29 is 19.1 Å². The van der Waals surface area contributed by atoms with E-state index in [-0.39, 0.29) is 11.8 Å². The van der Waals surface area contributed by atoms with Crippen molar-refractivity contribution in [2.75, 3.05) is 45.3 Å². The van der Waals surface area contributed by atoms with Crippen LogP contribution in [0.5, 0.6) is 11.5 Å². The first kappa shape index (κ1) is 25.8. The molecule has 2 aliphatic heterocycles. The zero-order chi connectivity index (χ0) is 26.8. The molecule has 2 amide bonds. The number of anilines is 1. The van der Waals surface area contributed by atoms with Gasteiger partial charge in [-0.3, -0.25) is 19.4 Å². The van der Waals surface area contributed by atoms with Gasteiger partial charge < -0.3 is 14.4 Å². The van der Waals surface area contributed by atoms with Crippen LogP contribution in [0.4, 0.5) is 5.69 Å². The fourth-order valence-corrected chi connectivity index (χ4v) is 5.63. The molecule has 0 unspecified atom stereocenters. The summed E-state index contributed by atoms with van der Waals surface area (Å²) in [5.41, 5.74) is 3.84. The molecule has 1 radical (unpaired) electrons. The fourth-order valence-electron chi connectivity index (χ4n) is 5.63. The second-order valence-corrected chi connectivity index (χ2v) is 9.71. The Labute approximate surface area is 224 Å². The lowest BCUT2D eigenvalue weighted by molar-refractivity contribution is 0.0582. The van der Waals surface area contributed by atoms with Gasteiger partial charge in [0.1, 0.15) is 0 Å². The van der Waals surface area contributed by atoms with Crippen LogP contribution < -0.4 is 14.4 Å². The molecule has 7 nitrogen and oxygen atoms in total. The Kier molecular flexibility index (Phi) is 7.38. The van der Waals surface area contributed by atoms with E-state index >= 15 is 0 Å². The lowest BCUT2D eigenvalue weighted by Crippen LogP contribution is -2.47. The average Bonchev–Trinajstić information content (AvgIpc) is 3.23.